The fourth-order valence-electron chi connectivity index (χ4n) is 0.722. The van der Waals surface area contributed by atoms with E-state index in [0.717, 1.165) is 64.2 Å². The normalized spacial score (nSPS) is 7.63. The zero-order chi connectivity index (χ0) is 46.4. The van der Waals surface area contributed by atoms with E-state index < -0.39 is 29.8 Å². The summed E-state index contributed by atoms with van der Waals surface area (Å²) in [7, 11) is 0. The van der Waals surface area contributed by atoms with Gasteiger partial charge < -0.3 is 75.0 Å². The molecule has 0 fully saturated rings. The van der Waals surface area contributed by atoms with E-state index in [9.17, 15) is 75.0 Å². The minimum Gasteiger partial charge on any atom is -0.854 e. The minimum atomic E-state index is -1.19. The molecule has 0 saturated heterocycles. The summed E-state index contributed by atoms with van der Waals surface area (Å²) >= 11 is 0. The van der Waals surface area contributed by atoms with E-state index in [-0.39, 0.29) is 106 Å². The van der Waals surface area contributed by atoms with Gasteiger partial charge in [-0.3, -0.25) is 0 Å². The molecule has 15 nitrogen and oxygen atoms in total. The van der Waals surface area contributed by atoms with E-state index >= 15 is 0 Å². The maximum Gasteiger partial charge on any atom is 5.00 e. The first-order valence-corrected chi connectivity index (χ1v) is 17.5. The molecule has 0 aliphatic heterocycles. The average molecular weight is 977 g/mol. The topological polar surface area (TPSA) is 316 Å². The van der Waals surface area contributed by atoms with Gasteiger partial charge in [-0.15, -0.1) is 33.0 Å². The Bertz CT molecular complexity index is 709. The molecule has 0 amide bonds. The molecule has 57 heavy (non-hydrogen) atoms. The second-order valence-electron chi connectivity index (χ2n) is 10.6. The van der Waals surface area contributed by atoms with Crippen molar-refractivity contribution in [3.8, 4) is 0 Å². The Labute approximate surface area is 375 Å². The number of carboxylic acids is 5. The third-order valence-electron chi connectivity index (χ3n) is 4.23. The summed E-state index contributed by atoms with van der Waals surface area (Å²) in [6, 6.07) is 0. The Kier molecular flexibility index (Phi) is 123. The summed E-state index contributed by atoms with van der Waals surface area (Å²) < 4.78 is 0. The fourth-order valence-corrected chi connectivity index (χ4v) is 0.722. The number of rotatable bonds is 15. The van der Waals surface area contributed by atoms with Crippen LogP contribution in [0.1, 0.15) is 133 Å². The molecular formula is C40H70Nb2O15. The van der Waals surface area contributed by atoms with Gasteiger partial charge in [-0.25, -0.2) is 0 Å². The van der Waals surface area contributed by atoms with E-state index in [4.69, 9.17) is 0 Å². The number of aliphatic carboxylic acids is 5. The van der Waals surface area contributed by atoms with E-state index in [1.54, 1.807) is 0 Å². The first-order chi connectivity index (χ1) is 25.3. The molecule has 0 aromatic heterocycles. The molecule has 0 aromatic carbocycles. The maximum absolute atomic E-state index is 9.53. The molecule has 0 atom stereocenters. The minimum absolute atomic E-state index is 0. The van der Waals surface area contributed by atoms with Crippen molar-refractivity contribution < 1.29 is 120 Å². The van der Waals surface area contributed by atoms with Crippen LogP contribution in [0.5, 0.6) is 0 Å². The molecule has 0 aliphatic rings. The second-order valence-corrected chi connectivity index (χ2v) is 10.6. The van der Waals surface area contributed by atoms with Crippen molar-refractivity contribution in [2.24, 2.45) is 0 Å². The van der Waals surface area contributed by atoms with Crippen LogP contribution in [0.3, 0.4) is 0 Å². The monoisotopic (exact) mass is 976 g/mol. The molecule has 0 N–H and O–H groups in total. The first kappa shape index (κ1) is 86.2. The summed E-state index contributed by atoms with van der Waals surface area (Å²) in [6.07, 6.45) is 9.32. The Balaban J connectivity index is -0.0000000394. The number of hydrogen-bond acceptors (Lipinski definition) is 15. The van der Waals surface area contributed by atoms with Gasteiger partial charge in [0.15, 0.2) is 0 Å². The Hall–Kier alpha value is -2.67. The van der Waals surface area contributed by atoms with Gasteiger partial charge in [0.25, 0.3) is 0 Å². The number of carbonyl (C=O) groups is 5. The number of carbonyl (C=O) groups excluding carboxylic acids is 5. The van der Waals surface area contributed by atoms with Crippen molar-refractivity contribution in [2.45, 2.75) is 133 Å². The van der Waals surface area contributed by atoms with Gasteiger partial charge in [0.2, 0.25) is 0 Å². The fraction of sp³-hybridized carbons (Fsp3) is 0.625. The van der Waals surface area contributed by atoms with Crippen LogP contribution in [0.25, 0.3) is 0 Å². The smallest absolute Gasteiger partial charge is 0.854 e. The molecule has 0 spiro atoms. The molecule has 0 radical (unpaired) electrons. The Morgan fingerprint density at radius 3 is 0.386 bits per heavy atom. The van der Waals surface area contributed by atoms with Crippen LogP contribution in [0, 0.1) is 0 Å². The van der Waals surface area contributed by atoms with Gasteiger partial charge in [-0.1, -0.05) is 132 Å². The van der Waals surface area contributed by atoms with Crippen molar-refractivity contribution in [2.75, 3.05) is 33.0 Å². The maximum atomic E-state index is 9.53. The van der Waals surface area contributed by atoms with E-state index in [2.05, 4.69) is 32.9 Å². The van der Waals surface area contributed by atoms with Crippen LogP contribution < -0.4 is 51.1 Å². The van der Waals surface area contributed by atoms with Crippen molar-refractivity contribution in [1.82, 2.24) is 0 Å². The number of carboxylic acid groups (broad SMARTS) is 5. The standard InChI is InChI=1S/5C4H6O2.5C4H9O.2Nb/c5*1-3(2)4(5)6;5*1-2-3-4-5;;/h5*1H2,2H3,(H,5,6);5*2-4H2,1H3;;/q;;;;;5*-1;2*+5/p-5. The average Bonchev–Trinajstić information content (AvgIpc) is 3.09. The SMILES string of the molecule is C=C(C)C(=O)[O-].C=C(C)C(=O)[O-].C=C(C)C(=O)[O-].C=C(C)C(=O)[O-].C=C(C)C(=O)[O-].CCCC[O-].CCCC[O-].CCCC[O-].CCCC[O-].CCCC[O-].[Nb+5].[Nb+5]. The second kappa shape index (κ2) is 81.5. The van der Waals surface area contributed by atoms with Crippen molar-refractivity contribution in [1.29, 1.82) is 0 Å². The van der Waals surface area contributed by atoms with Gasteiger partial charge in [0.05, 0.1) is 29.8 Å². The van der Waals surface area contributed by atoms with Gasteiger partial charge in [-0.05, 0) is 62.5 Å². The van der Waals surface area contributed by atoms with Gasteiger partial charge in [0.1, 0.15) is 0 Å². The van der Waals surface area contributed by atoms with Crippen LogP contribution in [-0.2, 0) is 68.7 Å². The molecule has 0 heterocycles. The van der Waals surface area contributed by atoms with Crippen LogP contribution in [0.4, 0.5) is 0 Å². The molecule has 0 aromatic rings. The molecule has 330 valence electrons. The van der Waals surface area contributed by atoms with Crippen LogP contribution in [0.15, 0.2) is 60.8 Å². The Morgan fingerprint density at radius 2 is 0.386 bits per heavy atom. The van der Waals surface area contributed by atoms with Crippen LogP contribution in [0.2, 0.25) is 0 Å². The largest absolute Gasteiger partial charge is 5.00 e. The zero-order valence-electron chi connectivity index (χ0n) is 36.2. The molecule has 0 unspecified atom stereocenters. The van der Waals surface area contributed by atoms with Crippen molar-refractivity contribution >= 4 is 29.8 Å². The summed E-state index contributed by atoms with van der Waals surface area (Å²) in [4.78, 5) is 47.4. The van der Waals surface area contributed by atoms with Gasteiger partial charge in [-0.2, -0.15) is 0 Å². The molecule has 0 saturated carbocycles. The third-order valence-corrected chi connectivity index (χ3v) is 4.23. The molecule has 0 bridgehead atoms. The molecule has 17 heteroatoms. The van der Waals surface area contributed by atoms with Crippen LogP contribution >= 0.6 is 0 Å². The summed E-state index contributed by atoms with van der Waals surface area (Å²) in [5.74, 6) is -5.93. The molecular weight excluding hydrogens is 906 g/mol. The summed E-state index contributed by atoms with van der Waals surface area (Å²) in [6.45, 7) is 32.9. The number of unbranched alkanes of at least 4 members (excludes halogenated alkanes) is 5. The Morgan fingerprint density at radius 1 is 0.316 bits per heavy atom. The predicted molar refractivity (Wildman–Crippen MR) is 198 cm³/mol. The van der Waals surface area contributed by atoms with Gasteiger partial charge in [0, 0.05) is 0 Å². The van der Waals surface area contributed by atoms with Crippen molar-refractivity contribution in [3.05, 3.63) is 60.8 Å². The molecule has 0 rings (SSSR count). The third kappa shape index (κ3) is 188. The predicted octanol–water partition coefficient (Wildman–Crippen LogP) is -2.71. The zero-order valence-corrected chi connectivity index (χ0v) is 40.6. The summed E-state index contributed by atoms with van der Waals surface area (Å²) in [5, 5.41) is 95.1. The van der Waals surface area contributed by atoms with Crippen molar-refractivity contribution in [3.63, 3.8) is 0 Å². The molecule has 0 aliphatic carbocycles. The quantitative estimate of drug-likeness (QED) is 0.119. The van der Waals surface area contributed by atoms with E-state index in [0.29, 0.717) is 0 Å². The summed E-state index contributed by atoms with van der Waals surface area (Å²) in [5.41, 5.74) is 0.324. The van der Waals surface area contributed by atoms with E-state index in [1.807, 2.05) is 34.6 Å². The van der Waals surface area contributed by atoms with Gasteiger partial charge >= 0.3 is 44.8 Å². The first-order valence-electron chi connectivity index (χ1n) is 17.5. The van der Waals surface area contributed by atoms with E-state index in [1.165, 1.54) is 34.6 Å². The number of hydrogen-bond donors (Lipinski definition) is 0. The van der Waals surface area contributed by atoms with Crippen LogP contribution in [-0.4, -0.2) is 62.9 Å².